The van der Waals surface area contributed by atoms with Crippen LogP contribution in [0.25, 0.3) is 0 Å². The molecule has 0 unspecified atom stereocenters. The smallest absolute Gasteiger partial charge is 0.422 e. The summed E-state index contributed by atoms with van der Waals surface area (Å²) in [6, 6.07) is 2.01. The van der Waals surface area contributed by atoms with Crippen LogP contribution < -0.4 is 9.44 Å². The number of nitrogens with one attached hydrogen (secondary N) is 2. The Kier molecular flexibility index (Phi) is 5.14. The lowest BCUT2D eigenvalue weighted by Crippen LogP contribution is -2.53. The summed E-state index contributed by atoms with van der Waals surface area (Å²) < 4.78 is 32.3. The Hall–Kier alpha value is -1.33. The highest BCUT2D eigenvalue weighted by atomic mass is 32.2. The maximum atomic E-state index is 11.8. The monoisotopic (exact) mass is 289 g/mol. The van der Waals surface area contributed by atoms with Gasteiger partial charge in [-0.1, -0.05) is 19.3 Å². The third-order valence-corrected chi connectivity index (χ3v) is 3.91. The number of amides is 1. The van der Waals surface area contributed by atoms with E-state index in [1.807, 2.05) is 6.07 Å². The van der Waals surface area contributed by atoms with Gasteiger partial charge in [-0.15, -0.1) is 0 Å². The fourth-order valence-electron chi connectivity index (χ4n) is 2.02. The SMILES string of the molecule is CC(C)OC(=O)NS(=O)(=O)NC1(C#N)CCCCC1. The minimum Gasteiger partial charge on any atom is -0.446 e. The number of hydrogen-bond donors (Lipinski definition) is 2. The summed E-state index contributed by atoms with van der Waals surface area (Å²) >= 11 is 0. The Bertz CT molecular complexity index is 461. The molecule has 1 aliphatic rings. The van der Waals surface area contributed by atoms with Crippen LogP contribution in [0, 0.1) is 11.3 Å². The van der Waals surface area contributed by atoms with Crippen LogP contribution in [0.2, 0.25) is 0 Å². The van der Waals surface area contributed by atoms with Gasteiger partial charge in [0.25, 0.3) is 0 Å². The Morgan fingerprint density at radius 1 is 1.32 bits per heavy atom. The van der Waals surface area contributed by atoms with E-state index in [0.717, 1.165) is 19.3 Å². The summed E-state index contributed by atoms with van der Waals surface area (Å²) in [6.45, 7) is 3.22. The van der Waals surface area contributed by atoms with E-state index in [1.54, 1.807) is 18.6 Å². The van der Waals surface area contributed by atoms with Crippen LogP contribution in [-0.2, 0) is 14.9 Å². The second-order valence-electron chi connectivity index (χ2n) is 4.92. The van der Waals surface area contributed by atoms with Crippen molar-refractivity contribution in [3.8, 4) is 6.07 Å². The van der Waals surface area contributed by atoms with Crippen LogP contribution in [0.5, 0.6) is 0 Å². The fourth-order valence-corrected chi connectivity index (χ4v) is 3.11. The van der Waals surface area contributed by atoms with Crippen molar-refractivity contribution in [3.05, 3.63) is 0 Å². The van der Waals surface area contributed by atoms with Crippen LogP contribution in [0.3, 0.4) is 0 Å². The molecule has 0 aromatic heterocycles. The van der Waals surface area contributed by atoms with Gasteiger partial charge >= 0.3 is 16.3 Å². The van der Waals surface area contributed by atoms with E-state index in [9.17, 15) is 13.2 Å². The molecule has 2 N–H and O–H groups in total. The average molecular weight is 289 g/mol. The molecule has 0 atom stereocenters. The Labute approximate surface area is 113 Å². The molecule has 8 heteroatoms. The molecule has 0 aliphatic heterocycles. The zero-order valence-electron chi connectivity index (χ0n) is 11.1. The first-order valence-corrected chi connectivity index (χ1v) is 7.70. The first-order valence-electron chi connectivity index (χ1n) is 6.22. The molecule has 0 heterocycles. The first-order chi connectivity index (χ1) is 8.79. The molecule has 1 saturated carbocycles. The number of carbonyl (C=O) groups excluding carboxylic acids is 1. The van der Waals surface area contributed by atoms with Gasteiger partial charge < -0.3 is 4.74 Å². The molecular formula is C11H19N3O4S. The summed E-state index contributed by atoms with van der Waals surface area (Å²) in [5, 5.41) is 9.16. The van der Waals surface area contributed by atoms with Crippen molar-refractivity contribution in [1.82, 2.24) is 9.44 Å². The molecule has 0 radical (unpaired) electrons. The molecule has 0 saturated heterocycles. The van der Waals surface area contributed by atoms with Gasteiger partial charge in [0.1, 0.15) is 5.54 Å². The minimum absolute atomic E-state index is 0.421. The number of ether oxygens (including phenoxy) is 1. The quantitative estimate of drug-likeness (QED) is 0.808. The second kappa shape index (κ2) is 6.21. The molecule has 7 nitrogen and oxygen atoms in total. The first kappa shape index (κ1) is 15.7. The van der Waals surface area contributed by atoms with E-state index in [4.69, 9.17) is 5.26 Å². The van der Waals surface area contributed by atoms with E-state index in [-0.39, 0.29) is 0 Å². The van der Waals surface area contributed by atoms with Crippen molar-refractivity contribution in [3.63, 3.8) is 0 Å². The molecule has 1 rings (SSSR count). The van der Waals surface area contributed by atoms with Crippen molar-refractivity contribution in [2.24, 2.45) is 0 Å². The van der Waals surface area contributed by atoms with E-state index in [0.29, 0.717) is 12.8 Å². The van der Waals surface area contributed by atoms with Crippen molar-refractivity contribution >= 4 is 16.3 Å². The Balaban J connectivity index is 2.68. The topological polar surface area (TPSA) is 108 Å². The molecule has 0 aromatic rings. The highest BCUT2D eigenvalue weighted by Gasteiger charge is 2.36. The lowest BCUT2D eigenvalue weighted by Gasteiger charge is -2.30. The Morgan fingerprint density at radius 3 is 2.37 bits per heavy atom. The molecule has 0 aromatic carbocycles. The summed E-state index contributed by atoms with van der Waals surface area (Å²) in [5.41, 5.74) is -1.12. The summed E-state index contributed by atoms with van der Waals surface area (Å²) in [6.07, 6.45) is 1.97. The average Bonchev–Trinajstić information content (AvgIpc) is 2.27. The van der Waals surface area contributed by atoms with Crippen LogP contribution in [-0.4, -0.2) is 26.2 Å². The third-order valence-electron chi connectivity index (χ3n) is 2.81. The number of carbonyl (C=O) groups is 1. The van der Waals surface area contributed by atoms with Gasteiger partial charge in [-0.3, -0.25) is 0 Å². The van der Waals surface area contributed by atoms with Crippen molar-refractivity contribution < 1.29 is 17.9 Å². The molecule has 108 valence electrons. The van der Waals surface area contributed by atoms with E-state index in [1.165, 1.54) is 0 Å². The Morgan fingerprint density at radius 2 is 1.89 bits per heavy atom. The van der Waals surface area contributed by atoms with Gasteiger partial charge in [-0.2, -0.15) is 18.4 Å². The zero-order chi connectivity index (χ0) is 14.5. The minimum atomic E-state index is -4.09. The molecule has 0 bridgehead atoms. The van der Waals surface area contributed by atoms with Crippen molar-refractivity contribution in [2.45, 2.75) is 57.6 Å². The van der Waals surface area contributed by atoms with E-state index in [2.05, 4.69) is 9.46 Å². The lowest BCUT2D eigenvalue weighted by atomic mass is 9.84. The van der Waals surface area contributed by atoms with Crippen molar-refractivity contribution in [1.29, 1.82) is 5.26 Å². The van der Waals surface area contributed by atoms with Gasteiger partial charge in [-0.25, -0.2) is 9.52 Å². The predicted molar refractivity (Wildman–Crippen MR) is 68.2 cm³/mol. The molecule has 19 heavy (non-hydrogen) atoms. The highest BCUT2D eigenvalue weighted by molar-refractivity contribution is 7.88. The van der Waals surface area contributed by atoms with Crippen molar-refractivity contribution in [2.75, 3.05) is 0 Å². The molecule has 1 aliphatic carbocycles. The maximum absolute atomic E-state index is 11.8. The fraction of sp³-hybridized carbons (Fsp3) is 0.818. The van der Waals surface area contributed by atoms with E-state index < -0.39 is 27.9 Å². The van der Waals surface area contributed by atoms with Crippen LogP contribution in [0.1, 0.15) is 46.0 Å². The summed E-state index contributed by atoms with van der Waals surface area (Å²) in [5.74, 6) is 0. The van der Waals surface area contributed by atoms with E-state index >= 15 is 0 Å². The zero-order valence-corrected chi connectivity index (χ0v) is 11.9. The van der Waals surface area contributed by atoms with Gasteiger partial charge in [0.2, 0.25) is 0 Å². The number of nitriles is 1. The molecule has 1 amide bonds. The normalized spacial score (nSPS) is 18.6. The van der Waals surface area contributed by atoms with Crippen LogP contribution in [0.15, 0.2) is 0 Å². The summed E-state index contributed by atoms with van der Waals surface area (Å²) in [4.78, 5) is 11.3. The van der Waals surface area contributed by atoms with Gasteiger partial charge in [-0.05, 0) is 26.7 Å². The number of nitrogens with zero attached hydrogens (tertiary/aromatic N) is 1. The lowest BCUT2D eigenvalue weighted by molar-refractivity contribution is 0.121. The molecular weight excluding hydrogens is 270 g/mol. The number of rotatable bonds is 4. The standard InChI is InChI=1S/C11H19N3O4S/c1-9(2)18-10(15)13-19(16,17)14-11(8-12)6-4-3-5-7-11/h9,14H,3-7H2,1-2H3,(H,13,15). The molecule has 0 spiro atoms. The molecule has 1 fully saturated rings. The highest BCUT2D eigenvalue weighted by Crippen LogP contribution is 2.27. The van der Waals surface area contributed by atoms with Gasteiger partial charge in [0.15, 0.2) is 0 Å². The maximum Gasteiger partial charge on any atom is 0.422 e. The third kappa shape index (κ3) is 5.04. The van der Waals surface area contributed by atoms with Crippen LogP contribution in [0.4, 0.5) is 4.79 Å². The van der Waals surface area contributed by atoms with Crippen LogP contribution >= 0.6 is 0 Å². The van der Waals surface area contributed by atoms with Gasteiger partial charge in [0, 0.05) is 0 Å². The summed E-state index contributed by atoms with van der Waals surface area (Å²) in [7, 11) is -4.09. The van der Waals surface area contributed by atoms with Gasteiger partial charge in [0.05, 0.1) is 12.2 Å². The number of hydrogen-bond acceptors (Lipinski definition) is 5. The largest absolute Gasteiger partial charge is 0.446 e. The predicted octanol–water partition coefficient (Wildman–Crippen LogP) is 1.18. The second-order valence-corrected chi connectivity index (χ2v) is 6.33.